The molecule has 0 saturated carbocycles. The summed E-state index contributed by atoms with van der Waals surface area (Å²) in [6.07, 6.45) is 2.36. The standard InChI is InChI=1S/C28H35N5O7S/c1-18-11-33(19(2)15-34)28(35)21-6-5-7-22(30-41(36,37)26-14-32(4)16-29-26)27(21)40-25(18)13-31(3)12-20-8-9-23-24(10-20)39-17-38-23/h5-10,14,16,18-19,25,30,34H,11-13,15,17H2,1-4H3/t18-,19+,25+/m0/s1. The third-order valence-electron chi connectivity index (χ3n) is 7.27. The zero-order valence-electron chi connectivity index (χ0n) is 23.5. The molecule has 0 fully saturated rings. The number of rotatable bonds is 9. The number of fused-ring (bicyclic) bond motifs is 2. The minimum Gasteiger partial charge on any atom is -0.486 e. The summed E-state index contributed by atoms with van der Waals surface area (Å²) in [5.41, 5.74) is 1.38. The third kappa shape index (κ3) is 6.11. The highest BCUT2D eigenvalue weighted by molar-refractivity contribution is 7.92. The molecule has 3 aromatic rings. The molecule has 2 aliphatic rings. The van der Waals surface area contributed by atoms with Gasteiger partial charge in [-0.25, -0.2) is 4.98 Å². The second-order valence-electron chi connectivity index (χ2n) is 10.7. The summed E-state index contributed by atoms with van der Waals surface area (Å²) in [7, 11) is -0.415. The fourth-order valence-corrected chi connectivity index (χ4v) is 6.03. The van der Waals surface area contributed by atoms with E-state index in [1.54, 1.807) is 37.1 Å². The van der Waals surface area contributed by atoms with Crippen LogP contribution in [-0.2, 0) is 23.6 Å². The van der Waals surface area contributed by atoms with E-state index in [9.17, 15) is 18.3 Å². The number of likely N-dealkylation sites (N-methyl/N-ethyl adjacent to an activating group) is 1. The van der Waals surface area contributed by atoms with Gasteiger partial charge in [0.15, 0.2) is 22.3 Å². The fourth-order valence-electron chi connectivity index (χ4n) is 4.99. The molecule has 41 heavy (non-hydrogen) atoms. The Labute approximate surface area is 239 Å². The number of sulfonamides is 1. The topological polar surface area (TPSA) is 135 Å². The molecular weight excluding hydrogens is 550 g/mol. The fraction of sp³-hybridized carbons (Fsp3) is 0.429. The number of aliphatic hydroxyl groups excluding tert-OH is 1. The molecule has 1 amide bonds. The number of aromatic nitrogens is 2. The van der Waals surface area contributed by atoms with Gasteiger partial charge in [-0.05, 0) is 43.8 Å². The number of imidazole rings is 1. The van der Waals surface area contributed by atoms with Crippen molar-refractivity contribution in [2.45, 2.75) is 37.6 Å². The van der Waals surface area contributed by atoms with Crippen molar-refractivity contribution in [1.29, 1.82) is 0 Å². The molecule has 0 bridgehead atoms. The maximum Gasteiger partial charge on any atom is 0.281 e. The molecular formula is C28H35N5O7S. The van der Waals surface area contributed by atoms with Gasteiger partial charge in [0.05, 0.1) is 30.2 Å². The molecule has 13 heteroatoms. The maximum atomic E-state index is 13.7. The molecule has 220 valence electrons. The molecule has 0 spiro atoms. The van der Waals surface area contributed by atoms with E-state index in [0.717, 1.165) is 5.56 Å². The van der Waals surface area contributed by atoms with Crippen LogP contribution >= 0.6 is 0 Å². The van der Waals surface area contributed by atoms with Crippen LogP contribution in [-0.4, -0.2) is 84.5 Å². The Balaban J connectivity index is 1.46. The molecule has 0 radical (unpaired) electrons. The van der Waals surface area contributed by atoms with E-state index in [0.29, 0.717) is 31.1 Å². The summed E-state index contributed by atoms with van der Waals surface area (Å²) in [5.74, 6) is 1.06. The van der Waals surface area contributed by atoms with Crippen molar-refractivity contribution in [1.82, 2.24) is 19.4 Å². The van der Waals surface area contributed by atoms with Crippen LogP contribution in [0.25, 0.3) is 0 Å². The average Bonchev–Trinajstić information content (AvgIpc) is 3.59. The molecule has 0 aliphatic carbocycles. The summed E-state index contributed by atoms with van der Waals surface area (Å²) in [6.45, 7) is 5.18. The first-order chi connectivity index (χ1) is 19.6. The van der Waals surface area contributed by atoms with Crippen molar-refractivity contribution >= 4 is 21.6 Å². The smallest absolute Gasteiger partial charge is 0.281 e. The van der Waals surface area contributed by atoms with Crippen LogP contribution in [0.4, 0.5) is 5.69 Å². The van der Waals surface area contributed by atoms with Crippen LogP contribution in [0.5, 0.6) is 17.2 Å². The number of aryl methyl sites for hydroxylation is 1. The van der Waals surface area contributed by atoms with E-state index in [2.05, 4.69) is 14.6 Å². The Hall–Kier alpha value is -3.81. The second kappa shape index (κ2) is 11.6. The lowest BCUT2D eigenvalue weighted by atomic mass is 9.99. The summed E-state index contributed by atoms with van der Waals surface area (Å²) in [6, 6.07) is 10.1. The van der Waals surface area contributed by atoms with Gasteiger partial charge in [0.2, 0.25) is 6.79 Å². The van der Waals surface area contributed by atoms with Crippen molar-refractivity contribution in [2.24, 2.45) is 13.0 Å². The Morgan fingerprint density at radius 3 is 2.73 bits per heavy atom. The van der Waals surface area contributed by atoms with Gasteiger partial charge in [-0.15, -0.1) is 0 Å². The van der Waals surface area contributed by atoms with Gasteiger partial charge in [0.1, 0.15) is 6.10 Å². The Morgan fingerprint density at radius 1 is 1.22 bits per heavy atom. The number of nitrogens with one attached hydrogen (secondary N) is 1. The van der Waals surface area contributed by atoms with Gasteiger partial charge in [0.25, 0.3) is 15.9 Å². The minimum atomic E-state index is -4.06. The minimum absolute atomic E-state index is 0.135. The van der Waals surface area contributed by atoms with E-state index < -0.39 is 22.2 Å². The zero-order chi connectivity index (χ0) is 29.3. The lowest BCUT2D eigenvalue weighted by Gasteiger charge is -2.38. The number of carbonyl (C=O) groups excluding carboxylic acids is 1. The normalized spacial score (nSPS) is 19.4. The summed E-state index contributed by atoms with van der Waals surface area (Å²) >= 11 is 0. The van der Waals surface area contributed by atoms with E-state index >= 15 is 0 Å². The lowest BCUT2D eigenvalue weighted by molar-refractivity contribution is 0.0344. The first kappa shape index (κ1) is 28.7. The molecule has 0 saturated heterocycles. The van der Waals surface area contributed by atoms with Crippen molar-refractivity contribution in [3.63, 3.8) is 0 Å². The quantitative estimate of drug-likeness (QED) is 0.388. The van der Waals surface area contributed by atoms with E-state index in [1.165, 1.54) is 17.1 Å². The van der Waals surface area contributed by atoms with E-state index in [4.69, 9.17) is 14.2 Å². The van der Waals surface area contributed by atoms with Crippen LogP contribution < -0.4 is 18.9 Å². The van der Waals surface area contributed by atoms with Crippen molar-refractivity contribution in [3.05, 3.63) is 60.0 Å². The number of amides is 1. The van der Waals surface area contributed by atoms with Crippen LogP contribution in [0.1, 0.15) is 29.8 Å². The maximum absolute atomic E-state index is 13.7. The monoisotopic (exact) mass is 585 g/mol. The molecule has 2 aliphatic heterocycles. The number of aliphatic hydroxyl groups is 1. The molecule has 2 aromatic carbocycles. The first-order valence-corrected chi connectivity index (χ1v) is 14.8. The second-order valence-corrected chi connectivity index (χ2v) is 12.3. The summed E-state index contributed by atoms with van der Waals surface area (Å²) in [4.78, 5) is 21.4. The number of hydrogen-bond acceptors (Lipinski definition) is 9. The third-order valence-corrected chi connectivity index (χ3v) is 8.52. The van der Waals surface area contributed by atoms with Gasteiger partial charge in [-0.3, -0.25) is 14.4 Å². The van der Waals surface area contributed by atoms with Gasteiger partial charge in [0, 0.05) is 38.8 Å². The highest BCUT2D eigenvalue weighted by Crippen LogP contribution is 2.36. The van der Waals surface area contributed by atoms with Crippen LogP contribution in [0.2, 0.25) is 0 Å². The van der Waals surface area contributed by atoms with Crippen molar-refractivity contribution in [2.75, 3.05) is 38.3 Å². The summed E-state index contributed by atoms with van der Waals surface area (Å²) in [5, 5.41) is 9.77. The van der Waals surface area contributed by atoms with Gasteiger partial charge in [-0.2, -0.15) is 8.42 Å². The van der Waals surface area contributed by atoms with Crippen LogP contribution in [0, 0.1) is 5.92 Å². The number of anilines is 1. The van der Waals surface area contributed by atoms with E-state index in [1.807, 2.05) is 32.2 Å². The number of ether oxygens (including phenoxy) is 3. The van der Waals surface area contributed by atoms with E-state index in [-0.39, 0.29) is 47.3 Å². The predicted molar refractivity (Wildman–Crippen MR) is 151 cm³/mol. The Kier molecular flexibility index (Phi) is 8.11. The molecule has 5 rings (SSSR count). The molecule has 12 nitrogen and oxygen atoms in total. The number of hydrogen-bond donors (Lipinski definition) is 2. The van der Waals surface area contributed by atoms with Crippen LogP contribution in [0.15, 0.2) is 53.9 Å². The molecule has 3 heterocycles. The van der Waals surface area contributed by atoms with Gasteiger partial charge >= 0.3 is 0 Å². The molecule has 0 unspecified atom stereocenters. The Bertz CT molecular complexity index is 1530. The number of carbonyl (C=O) groups is 1. The Morgan fingerprint density at radius 2 is 2.00 bits per heavy atom. The van der Waals surface area contributed by atoms with Gasteiger partial charge in [-0.1, -0.05) is 19.1 Å². The average molecular weight is 586 g/mol. The van der Waals surface area contributed by atoms with Crippen molar-refractivity contribution in [3.8, 4) is 17.2 Å². The highest BCUT2D eigenvalue weighted by atomic mass is 32.2. The molecule has 3 atom stereocenters. The molecule has 1 aromatic heterocycles. The number of para-hydroxylation sites is 1. The molecule has 2 N–H and O–H groups in total. The SMILES string of the molecule is C[C@H](CO)N1C[C@H](C)[C@@H](CN(C)Cc2ccc3c(c2)OCO3)Oc2c(NS(=O)(=O)c3cn(C)cn3)cccc2C1=O. The van der Waals surface area contributed by atoms with Gasteiger partial charge < -0.3 is 28.8 Å². The first-order valence-electron chi connectivity index (χ1n) is 13.3. The summed E-state index contributed by atoms with van der Waals surface area (Å²) < 4.78 is 47.9. The highest BCUT2D eigenvalue weighted by Gasteiger charge is 2.35. The lowest BCUT2D eigenvalue weighted by Crippen LogP contribution is -2.49. The van der Waals surface area contributed by atoms with Crippen molar-refractivity contribution < 1.29 is 32.5 Å². The zero-order valence-corrected chi connectivity index (χ0v) is 24.3. The largest absolute Gasteiger partial charge is 0.486 e. The number of nitrogens with zero attached hydrogens (tertiary/aromatic N) is 4. The number of benzene rings is 2. The van der Waals surface area contributed by atoms with Crippen LogP contribution in [0.3, 0.4) is 0 Å². The predicted octanol–water partition coefficient (Wildman–Crippen LogP) is 2.30.